The van der Waals surface area contributed by atoms with Crippen LogP contribution in [0.15, 0.2) is 69.6 Å². The first-order valence-electron chi connectivity index (χ1n) is 9.47. The molecule has 3 aromatic rings. The average molecular weight is 468 g/mol. The SMILES string of the molecule is O=C1CCCC2=C1[C@H](c1ccc(Br)cc1)n1nc(SCc3ccccn3)nc1N2. The Morgan fingerprint density at radius 3 is 2.83 bits per heavy atom. The number of hydrogen-bond acceptors (Lipinski definition) is 6. The van der Waals surface area contributed by atoms with Gasteiger partial charge in [0.25, 0.3) is 0 Å². The lowest BCUT2D eigenvalue weighted by Gasteiger charge is -2.32. The first kappa shape index (κ1) is 18.6. The minimum Gasteiger partial charge on any atom is -0.328 e. The van der Waals surface area contributed by atoms with Crippen LogP contribution >= 0.6 is 27.7 Å². The van der Waals surface area contributed by atoms with E-state index in [9.17, 15) is 4.79 Å². The smallest absolute Gasteiger partial charge is 0.227 e. The molecule has 0 radical (unpaired) electrons. The molecule has 0 fully saturated rings. The summed E-state index contributed by atoms with van der Waals surface area (Å²) >= 11 is 5.04. The first-order valence-corrected chi connectivity index (χ1v) is 11.2. The third kappa shape index (κ3) is 3.62. The van der Waals surface area contributed by atoms with Gasteiger partial charge in [0.1, 0.15) is 6.04 Å². The Labute approximate surface area is 181 Å². The minimum atomic E-state index is -0.251. The topological polar surface area (TPSA) is 72.7 Å². The Kier molecular flexibility index (Phi) is 4.97. The number of nitrogens with one attached hydrogen (secondary N) is 1. The zero-order valence-electron chi connectivity index (χ0n) is 15.5. The number of carbonyl (C=O) groups is 1. The summed E-state index contributed by atoms with van der Waals surface area (Å²) in [6.45, 7) is 0. The number of hydrogen-bond donors (Lipinski definition) is 1. The number of benzene rings is 1. The second-order valence-electron chi connectivity index (χ2n) is 7.02. The van der Waals surface area contributed by atoms with Gasteiger partial charge in [-0.15, -0.1) is 5.10 Å². The van der Waals surface area contributed by atoms with Gasteiger partial charge in [-0.3, -0.25) is 9.78 Å². The number of carbonyl (C=O) groups excluding carboxylic acids is 1. The molecule has 1 aliphatic carbocycles. The number of nitrogens with zero attached hydrogens (tertiary/aromatic N) is 4. The molecule has 1 aromatic carbocycles. The molecule has 6 nitrogen and oxygen atoms in total. The van der Waals surface area contributed by atoms with Crippen molar-refractivity contribution < 1.29 is 4.79 Å². The van der Waals surface area contributed by atoms with Crippen molar-refractivity contribution in [2.75, 3.05) is 5.32 Å². The van der Waals surface area contributed by atoms with E-state index in [1.807, 2.05) is 47.1 Å². The second-order valence-corrected chi connectivity index (χ2v) is 8.88. The lowest BCUT2D eigenvalue weighted by molar-refractivity contribution is -0.116. The zero-order valence-corrected chi connectivity index (χ0v) is 17.9. The fraction of sp³-hybridized carbons (Fsp3) is 0.238. The maximum Gasteiger partial charge on any atom is 0.227 e. The molecule has 0 bridgehead atoms. The molecule has 29 heavy (non-hydrogen) atoms. The van der Waals surface area contributed by atoms with Crippen molar-refractivity contribution in [2.24, 2.45) is 0 Å². The number of aromatic nitrogens is 4. The summed E-state index contributed by atoms with van der Waals surface area (Å²) < 4.78 is 2.86. The number of pyridine rings is 1. The zero-order chi connectivity index (χ0) is 19.8. The molecule has 0 saturated heterocycles. The lowest BCUT2D eigenvalue weighted by Crippen LogP contribution is -2.31. The van der Waals surface area contributed by atoms with E-state index in [-0.39, 0.29) is 11.8 Å². The van der Waals surface area contributed by atoms with Crippen molar-refractivity contribution in [3.8, 4) is 0 Å². The number of Topliss-reactive ketones (excluding diaryl/α,β-unsaturated/α-hetero) is 1. The molecule has 2 aromatic heterocycles. The van der Waals surface area contributed by atoms with Gasteiger partial charge in [-0.2, -0.15) is 4.98 Å². The number of halogens is 1. The molecule has 5 rings (SSSR count). The van der Waals surface area contributed by atoms with Crippen molar-refractivity contribution in [3.63, 3.8) is 0 Å². The van der Waals surface area contributed by atoms with Crippen LogP contribution in [0.1, 0.15) is 36.6 Å². The van der Waals surface area contributed by atoms with Crippen molar-refractivity contribution in [2.45, 2.75) is 36.2 Å². The van der Waals surface area contributed by atoms with Gasteiger partial charge in [-0.1, -0.05) is 45.9 Å². The van der Waals surface area contributed by atoms with Crippen molar-refractivity contribution >= 4 is 39.4 Å². The van der Waals surface area contributed by atoms with E-state index in [1.54, 1.807) is 18.0 Å². The first-order chi connectivity index (χ1) is 14.2. The van der Waals surface area contributed by atoms with E-state index < -0.39 is 0 Å². The fourth-order valence-electron chi connectivity index (χ4n) is 3.77. The van der Waals surface area contributed by atoms with Gasteiger partial charge in [0.2, 0.25) is 11.1 Å². The van der Waals surface area contributed by atoms with Gasteiger partial charge >= 0.3 is 0 Å². The van der Waals surface area contributed by atoms with Gasteiger partial charge in [0, 0.05) is 34.1 Å². The van der Waals surface area contributed by atoms with Gasteiger partial charge in [0.15, 0.2) is 5.78 Å². The molecule has 0 unspecified atom stereocenters. The predicted octanol–water partition coefficient (Wildman–Crippen LogP) is 4.75. The number of fused-ring (bicyclic) bond motifs is 1. The van der Waals surface area contributed by atoms with Crippen molar-refractivity contribution in [3.05, 3.63) is 75.7 Å². The number of rotatable bonds is 4. The molecule has 0 amide bonds. The Hall–Kier alpha value is -2.45. The van der Waals surface area contributed by atoms with Crippen LogP contribution in [-0.4, -0.2) is 25.5 Å². The molecule has 3 heterocycles. The fourth-order valence-corrected chi connectivity index (χ4v) is 4.78. The van der Waals surface area contributed by atoms with Crippen LogP contribution in [-0.2, 0) is 10.5 Å². The van der Waals surface area contributed by atoms with Crippen LogP contribution in [0.3, 0.4) is 0 Å². The molecule has 1 atom stereocenters. The Balaban J connectivity index is 1.52. The van der Waals surface area contributed by atoms with Gasteiger partial charge in [-0.05, 0) is 42.7 Å². The largest absolute Gasteiger partial charge is 0.328 e. The molecule has 1 N–H and O–H groups in total. The number of ketones is 1. The van der Waals surface area contributed by atoms with Crippen LogP contribution in [0.5, 0.6) is 0 Å². The van der Waals surface area contributed by atoms with E-state index in [0.29, 0.717) is 23.3 Å². The van der Waals surface area contributed by atoms with E-state index in [0.717, 1.165) is 39.8 Å². The van der Waals surface area contributed by atoms with Crippen LogP contribution in [0.2, 0.25) is 0 Å². The minimum absolute atomic E-state index is 0.190. The van der Waals surface area contributed by atoms with Crippen LogP contribution < -0.4 is 5.32 Å². The molecular formula is C21H18BrN5OS. The highest BCUT2D eigenvalue weighted by atomic mass is 79.9. The molecule has 0 saturated carbocycles. The molecule has 0 spiro atoms. The Bertz CT molecular complexity index is 1090. The lowest BCUT2D eigenvalue weighted by atomic mass is 9.85. The highest BCUT2D eigenvalue weighted by Crippen LogP contribution is 2.40. The summed E-state index contributed by atoms with van der Waals surface area (Å²) in [6, 6.07) is 13.7. The molecule has 2 aliphatic rings. The van der Waals surface area contributed by atoms with Crippen LogP contribution in [0.4, 0.5) is 5.95 Å². The van der Waals surface area contributed by atoms with Crippen LogP contribution in [0, 0.1) is 0 Å². The summed E-state index contributed by atoms with van der Waals surface area (Å²) in [5.74, 6) is 1.57. The number of thioether (sulfide) groups is 1. The summed E-state index contributed by atoms with van der Waals surface area (Å²) in [6.07, 6.45) is 4.10. The quantitative estimate of drug-likeness (QED) is 0.558. The van der Waals surface area contributed by atoms with Gasteiger partial charge in [-0.25, -0.2) is 4.68 Å². The average Bonchev–Trinajstić information content (AvgIpc) is 3.15. The maximum atomic E-state index is 12.8. The van der Waals surface area contributed by atoms with Gasteiger partial charge in [0.05, 0.1) is 5.69 Å². The van der Waals surface area contributed by atoms with E-state index >= 15 is 0 Å². The monoisotopic (exact) mass is 467 g/mol. The summed E-state index contributed by atoms with van der Waals surface area (Å²) in [5.41, 5.74) is 3.81. The third-order valence-electron chi connectivity index (χ3n) is 5.11. The van der Waals surface area contributed by atoms with Crippen LogP contribution in [0.25, 0.3) is 0 Å². The Morgan fingerprint density at radius 1 is 1.17 bits per heavy atom. The third-order valence-corrected chi connectivity index (χ3v) is 6.51. The van der Waals surface area contributed by atoms with Crippen molar-refractivity contribution in [1.82, 2.24) is 19.7 Å². The molecule has 8 heteroatoms. The van der Waals surface area contributed by atoms with E-state index in [1.165, 1.54) is 0 Å². The standard InChI is InChI=1S/C21H18BrN5OS/c22-14-9-7-13(8-10-14)19-18-16(5-3-6-17(18)28)24-20-25-21(26-27(19)20)29-12-15-4-1-2-11-23-15/h1-2,4,7-11,19H,3,5-6,12H2,(H,24,25,26)/t19-/m0/s1. The summed E-state index contributed by atoms with van der Waals surface area (Å²) in [7, 11) is 0. The second kappa shape index (κ2) is 7.76. The molecular weight excluding hydrogens is 450 g/mol. The molecule has 1 aliphatic heterocycles. The predicted molar refractivity (Wildman–Crippen MR) is 116 cm³/mol. The normalized spacial score (nSPS) is 18.2. The summed E-state index contributed by atoms with van der Waals surface area (Å²) in [5, 5.41) is 8.79. The maximum absolute atomic E-state index is 12.8. The van der Waals surface area contributed by atoms with Gasteiger partial charge < -0.3 is 5.32 Å². The molecule has 146 valence electrons. The highest BCUT2D eigenvalue weighted by Gasteiger charge is 2.36. The number of allylic oxidation sites excluding steroid dienone is 2. The number of anilines is 1. The summed E-state index contributed by atoms with van der Waals surface area (Å²) in [4.78, 5) is 21.9. The Morgan fingerprint density at radius 2 is 2.03 bits per heavy atom. The van der Waals surface area contributed by atoms with Crippen molar-refractivity contribution in [1.29, 1.82) is 0 Å². The highest BCUT2D eigenvalue weighted by molar-refractivity contribution is 9.10. The van der Waals surface area contributed by atoms with E-state index in [2.05, 4.69) is 26.2 Å². The van der Waals surface area contributed by atoms with E-state index in [4.69, 9.17) is 10.1 Å².